The molecule has 1 aromatic carbocycles. The molecule has 0 aliphatic carbocycles. The van der Waals surface area contributed by atoms with Gasteiger partial charge in [-0.1, -0.05) is 6.07 Å². The van der Waals surface area contributed by atoms with E-state index in [4.69, 9.17) is 5.26 Å². The Bertz CT molecular complexity index is 635. The van der Waals surface area contributed by atoms with Crippen molar-refractivity contribution in [3.05, 3.63) is 29.8 Å². The number of hydrogen-bond acceptors (Lipinski definition) is 5. The number of nitrogens with zero attached hydrogens (tertiary/aromatic N) is 1. The summed E-state index contributed by atoms with van der Waals surface area (Å²) in [5.74, 6) is -0.299. The fraction of sp³-hybridized carbons (Fsp3) is 0.429. The first-order valence-electron chi connectivity index (χ1n) is 6.64. The third-order valence-corrected chi connectivity index (χ3v) is 4.60. The standard InChI is InChI=1S/C14H19N3O3S/c1-3-16-14(18)11(2)17-7-8-21(19,20)13-6-4-5-12(9-13)10-15/h4-6,9,11,17H,3,7-8H2,1-2H3,(H,16,18). The average molecular weight is 309 g/mol. The van der Waals surface area contributed by atoms with Gasteiger partial charge in [-0.15, -0.1) is 0 Å². The normalized spacial score (nSPS) is 12.4. The maximum Gasteiger partial charge on any atom is 0.236 e. The van der Waals surface area contributed by atoms with Crippen LogP contribution >= 0.6 is 0 Å². The van der Waals surface area contributed by atoms with Gasteiger partial charge in [-0.05, 0) is 32.0 Å². The maximum atomic E-state index is 12.1. The molecule has 0 bridgehead atoms. The smallest absolute Gasteiger partial charge is 0.236 e. The predicted octanol–water partition coefficient (Wildman–Crippen LogP) is 0.446. The molecule has 1 unspecified atom stereocenters. The van der Waals surface area contributed by atoms with Crippen LogP contribution in [0, 0.1) is 11.3 Å². The van der Waals surface area contributed by atoms with Crippen molar-refractivity contribution < 1.29 is 13.2 Å². The van der Waals surface area contributed by atoms with Crippen molar-refractivity contribution in [1.29, 1.82) is 5.26 Å². The third-order valence-electron chi connectivity index (χ3n) is 2.89. The second-order valence-electron chi connectivity index (χ2n) is 4.53. The molecule has 1 rings (SSSR count). The largest absolute Gasteiger partial charge is 0.355 e. The fourth-order valence-electron chi connectivity index (χ4n) is 1.71. The molecule has 7 heteroatoms. The minimum Gasteiger partial charge on any atom is -0.355 e. The van der Waals surface area contributed by atoms with E-state index in [-0.39, 0.29) is 23.1 Å². The summed E-state index contributed by atoms with van der Waals surface area (Å²) in [7, 11) is -3.47. The SMILES string of the molecule is CCNC(=O)C(C)NCCS(=O)(=O)c1cccc(C#N)c1. The topological polar surface area (TPSA) is 99.1 Å². The van der Waals surface area contributed by atoms with Crippen LogP contribution in [0.25, 0.3) is 0 Å². The number of sulfone groups is 1. The van der Waals surface area contributed by atoms with Gasteiger partial charge in [0.05, 0.1) is 28.3 Å². The molecule has 0 fully saturated rings. The zero-order valence-electron chi connectivity index (χ0n) is 12.1. The van der Waals surface area contributed by atoms with Gasteiger partial charge in [-0.3, -0.25) is 4.79 Å². The summed E-state index contributed by atoms with van der Waals surface area (Å²) < 4.78 is 24.3. The Morgan fingerprint density at radius 2 is 2.14 bits per heavy atom. The lowest BCUT2D eigenvalue weighted by Crippen LogP contribution is -2.43. The summed E-state index contributed by atoms with van der Waals surface area (Å²) in [5, 5.41) is 14.3. The van der Waals surface area contributed by atoms with Crippen molar-refractivity contribution in [2.75, 3.05) is 18.8 Å². The summed E-state index contributed by atoms with van der Waals surface area (Å²) in [6.07, 6.45) is 0. The van der Waals surface area contributed by atoms with Crippen LogP contribution in [0.4, 0.5) is 0 Å². The van der Waals surface area contributed by atoms with Crippen molar-refractivity contribution in [3.8, 4) is 6.07 Å². The Morgan fingerprint density at radius 3 is 2.76 bits per heavy atom. The number of nitrogens with one attached hydrogen (secondary N) is 2. The molecule has 1 atom stereocenters. The molecule has 6 nitrogen and oxygen atoms in total. The molecule has 0 heterocycles. The Kier molecular flexibility index (Phi) is 6.34. The lowest BCUT2D eigenvalue weighted by molar-refractivity contribution is -0.122. The first kappa shape index (κ1) is 17.1. The molecule has 0 spiro atoms. The summed E-state index contributed by atoms with van der Waals surface area (Å²) >= 11 is 0. The number of likely N-dealkylation sites (N-methyl/N-ethyl adjacent to an activating group) is 1. The molecule has 0 aromatic heterocycles. The van der Waals surface area contributed by atoms with Gasteiger partial charge in [-0.2, -0.15) is 5.26 Å². The zero-order valence-corrected chi connectivity index (χ0v) is 12.9. The van der Waals surface area contributed by atoms with Crippen LogP contribution in [-0.2, 0) is 14.6 Å². The molecule has 0 radical (unpaired) electrons. The Balaban J connectivity index is 2.61. The van der Waals surface area contributed by atoms with Gasteiger partial charge in [0.25, 0.3) is 0 Å². The van der Waals surface area contributed by atoms with E-state index in [2.05, 4.69) is 10.6 Å². The molecule has 0 saturated heterocycles. The Labute approximate surface area is 125 Å². The molecule has 0 aliphatic rings. The fourth-order valence-corrected chi connectivity index (χ4v) is 2.92. The van der Waals surface area contributed by atoms with E-state index >= 15 is 0 Å². The molecular formula is C14H19N3O3S. The molecule has 21 heavy (non-hydrogen) atoms. The molecule has 0 aliphatic heterocycles. The molecular weight excluding hydrogens is 290 g/mol. The first-order chi connectivity index (χ1) is 9.90. The lowest BCUT2D eigenvalue weighted by Gasteiger charge is -2.13. The highest BCUT2D eigenvalue weighted by molar-refractivity contribution is 7.91. The van der Waals surface area contributed by atoms with E-state index in [1.807, 2.05) is 13.0 Å². The molecule has 114 valence electrons. The molecule has 1 aromatic rings. The molecule has 0 saturated carbocycles. The minimum absolute atomic E-state index is 0.119. The number of carbonyl (C=O) groups excluding carboxylic acids is 1. The molecule has 2 N–H and O–H groups in total. The number of carbonyl (C=O) groups is 1. The number of rotatable bonds is 7. The van der Waals surface area contributed by atoms with Crippen LogP contribution in [-0.4, -0.2) is 39.2 Å². The van der Waals surface area contributed by atoms with Crippen molar-refractivity contribution in [2.24, 2.45) is 0 Å². The van der Waals surface area contributed by atoms with Gasteiger partial charge >= 0.3 is 0 Å². The van der Waals surface area contributed by atoms with Crippen molar-refractivity contribution in [3.63, 3.8) is 0 Å². The highest BCUT2D eigenvalue weighted by Crippen LogP contribution is 2.12. The van der Waals surface area contributed by atoms with Gasteiger partial charge in [-0.25, -0.2) is 8.42 Å². The Morgan fingerprint density at radius 1 is 1.43 bits per heavy atom. The number of nitriles is 1. The summed E-state index contributed by atoms with van der Waals surface area (Å²) in [5.41, 5.74) is 0.305. The first-order valence-corrected chi connectivity index (χ1v) is 8.30. The van der Waals surface area contributed by atoms with Crippen LogP contribution in [0.2, 0.25) is 0 Å². The summed E-state index contributed by atoms with van der Waals surface area (Å²) in [4.78, 5) is 11.6. The monoisotopic (exact) mass is 309 g/mol. The van der Waals surface area contributed by atoms with E-state index in [0.717, 1.165) is 0 Å². The van der Waals surface area contributed by atoms with Crippen LogP contribution in [0.15, 0.2) is 29.2 Å². The average Bonchev–Trinajstić information content (AvgIpc) is 2.47. The highest BCUT2D eigenvalue weighted by atomic mass is 32.2. The number of hydrogen-bond donors (Lipinski definition) is 2. The van der Waals surface area contributed by atoms with E-state index in [0.29, 0.717) is 12.1 Å². The van der Waals surface area contributed by atoms with E-state index < -0.39 is 15.9 Å². The molecule has 1 amide bonds. The maximum absolute atomic E-state index is 12.1. The highest BCUT2D eigenvalue weighted by Gasteiger charge is 2.16. The van der Waals surface area contributed by atoms with Crippen molar-refractivity contribution >= 4 is 15.7 Å². The van der Waals surface area contributed by atoms with Gasteiger partial charge < -0.3 is 10.6 Å². The van der Waals surface area contributed by atoms with E-state index in [1.54, 1.807) is 13.0 Å². The second-order valence-corrected chi connectivity index (χ2v) is 6.64. The lowest BCUT2D eigenvalue weighted by atomic mass is 10.2. The van der Waals surface area contributed by atoms with Gasteiger partial charge in [0.2, 0.25) is 5.91 Å². The summed E-state index contributed by atoms with van der Waals surface area (Å²) in [6.45, 7) is 4.19. The summed E-state index contributed by atoms with van der Waals surface area (Å²) in [6, 6.07) is 7.36. The quantitative estimate of drug-likeness (QED) is 0.761. The van der Waals surface area contributed by atoms with Crippen LogP contribution in [0.3, 0.4) is 0 Å². The third kappa shape index (κ3) is 5.17. The van der Waals surface area contributed by atoms with E-state index in [9.17, 15) is 13.2 Å². The minimum atomic E-state index is -3.47. The number of benzene rings is 1. The number of amides is 1. The van der Waals surface area contributed by atoms with Crippen molar-refractivity contribution in [1.82, 2.24) is 10.6 Å². The van der Waals surface area contributed by atoms with Gasteiger partial charge in [0, 0.05) is 13.1 Å². The van der Waals surface area contributed by atoms with Crippen LogP contribution < -0.4 is 10.6 Å². The Hall–Kier alpha value is -1.91. The van der Waals surface area contributed by atoms with Gasteiger partial charge in [0.15, 0.2) is 9.84 Å². The van der Waals surface area contributed by atoms with Gasteiger partial charge in [0.1, 0.15) is 0 Å². The van der Waals surface area contributed by atoms with E-state index in [1.165, 1.54) is 18.2 Å². The van der Waals surface area contributed by atoms with Crippen LogP contribution in [0.5, 0.6) is 0 Å². The van der Waals surface area contributed by atoms with Crippen LogP contribution in [0.1, 0.15) is 19.4 Å². The second kappa shape index (κ2) is 7.76. The predicted molar refractivity (Wildman–Crippen MR) is 79.4 cm³/mol. The zero-order chi connectivity index (χ0) is 15.9. The van der Waals surface area contributed by atoms with Crippen molar-refractivity contribution in [2.45, 2.75) is 24.8 Å².